The summed E-state index contributed by atoms with van der Waals surface area (Å²) in [4.78, 5) is 20.6. The van der Waals surface area contributed by atoms with Crippen molar-refractivity contribution in [1.29, 1.82) is 0 Å². The summed E-state index contributed by atoms with van der Waals surface area (Å²) >= 11 is 0. The second-order valence-corrected chi connectivity index (χ2v) is 9.83. The maximum atomic E-state index is 13.8. The molecule has 6 rings (SSSR count). The summed E-state index contributed by atoms with van der Waals surface area (Å²) in [6, 6.07) is 4.05. The van der Waals surface area contributed by atoms with E-state index in [1.807, 2.05) is 55.6 Å². The first kappa shape index (κ1) is 21.2. The Morgan fingerprint density at radius 3 is 2.82 bits per heavy atom. The molecular weight excluding hydrogens is 436 g/mol. The number of hydrogen-bond donors (Lipinski definition) is 0. The van der Waals surface area contributed by atoms with Crippen molar-refractivity contribution in [3.8, 4) is 28.7 Å². The number of nitrogens with zero attached hydrogens (tertiary/aromatic N) is 6. The smallest absolute Gasteiger partial charge is 0.274 e. The van der Waals surface area contributed by atoms with Crippen LogP contribution < -0.4 is 9.47 Å². The van der Waals surface area contributed by atoms with E-state index in [0.29, 0.717) is 55.7 Å². The van der Waals surface area contributed by atoms with Gasteiger partial charge in [-0.05, 0) is 45.2 Å². The predicted octanol–water partition coefficient (Wildman–Crippen LogP) is 2.18. The highest BCUT2D eigenvalue weighted by Gasteiger charge is 2.39. The van der Waals surface area contributed by atoms with E-state index in [-0.39, 0.29) is 12.0 Å². The number of fused-ring (bicyclic) bond motifs is 4. The monoisotopic (exact) mass is 464 g/mol. The fourth-order valence-electron chi connectivity index (χ4n) is 5.01. The first-order chi connectivity index (χ1) is 16.3. The van der Waals surface area contributed by atoms with E-state index in [1.54, 1.807) is 4.68 Å². The van der Waals surface area contributed by atoms with E-state index in [4.69, 9.17) is 19.2 Å². The molecule has 1 atom stereocenters. The van der Waals surface area contributed by atoms with Gasteiger partial charge < -0.3 is 19.1 Å². The molecule has 1 aromatic carbocycles. The lowest BCUT2D eigenvalue weighted by molar-refractivity contribution is -0.0373. The Hall–Kier alpha value is -3.40. The normalized spacial score (nSPS) is 20.6. The van der Waals surface area contributed by atoms with Crippen LogP contribution in [0.5, 0.6) is 11.5 Å². The molecule has 1 fully saturated rings. The summed E-state index contributed by atoms with van der Waals surface area (Å²) in [6.07, 6.45) is 3.25. The van der Waals surface area contributed by atoms with E-state index in [2.05, 4.69) is 10.3 Å². The van der Waals surface area contributed by atoms with Crippen LogP contribution in [0.3, 0.4) is 0 Å². The van der Waals surface area contributed by atoms with Gasteiger partial charge in [-0.15, -0.1) is 5.10 Å². The van der Waals surface area contributed by atoms with Gasteiger partial charge >= 0.3 is 0 Å². The first-order valence-corrected chi connectivity index (χ1v) is 11.7. The first-order valence-electron chi connectivity index (χ1n) is 11.7. The van der Waals surface area contributed by atoms with E-state index >= 15 is 0 Å². The van der Waals surface area contributed by atoms with Crippen LogP contribution >= 0.6 is 0 Å². The summed E-state index contributed by atoms with van der Waals surface area (Å²) < 4.78 is 21.3. The van der Waals surface area contributed by atoms with Gasteiger partial charge in [0.05, 0.1) is 36.3 Å². The minimum atomic E-state index is -0.411. The molecule has 1 amide bonds. The predicted molar refractivity (Wildman–Crippen MR) is 122 cm³/mol. The molecule has 5 heterocycles. The van der Waals surface area contributed by atoms with Crippen LogP contribution in [-0.2, 0) is 24.6 Å². The number of aryl methyl sites for hydroxylation is 2. The lowest BCUT2D eigenvalue weighted by atomic mass is 9.98. The highest BCUT2D eigenvalue weighted by molar-refractivity contribution is 5.95. The molecule has 2 aromatic heterocycles. The quantitative estimate of drug-likeness (QED) is 0.573. The molecule has 3 aliphatic heterocycles. The Morgan fingerprint density at radius 1 is 1.21 bits per heavy atom. The molecule has 0 aliphatic carbocycles. The largest absolute Gasteiger partial charge is 0.486 e. The fourth-order valence-corrected chi connectivity index (χ4v) is 5.01. The van der Waals surface area contributed by atoms with Crippen molar-refractivity contribution in [2.75, 3.05) is 26.4 Å². The molecular formula is C24H28N6O4. The van der Waals surface area contributed by atoms with Crippen molar-refractivity contribution >= 4 is 5.91 Å². The molecule has 0 N–H and O–H groups in total. The second kappa shape index (κ2) is 7.56. The molecule has 3 aliphatic rings. The van der Waals surface area contributed by atoms with Crippen molar-refractivity contribution in [3.63, 3.8) is 0 Å². The number of carbonyl (C=O) groups excluding carboxylic acids is 1. The summed E-state index contributed by atoms with van der Waals surface area (Å²) in [5.74, 6) is 1.98. The van der Waals surface area contributed by atoms with Gasteiger partial charge in [0.15, 0.2) is 23.0 Å². The third-order valence-corrected chi connectivity index (χ3v) is 6.72. The van der Waals surface area contributed by atoms with Crippen LogP contribution in [0.2, 0.25) is 0 Å². The van der Waals surface area contributed by atoms with E-state index in [0.717, 1.165) is 29.1 Å². The van der Waals surface area contributed by atoms with E-state index in [9.17, 15) is 4.79 Å². The van der Waals surface area contributed by atoms with Gasteiger partial charge in [-0.1, -0.05) is 5.21 Å². The van der Waals surface area contributed by atoms with Crippen molar-refractivity contribution in [2.24, 2.45) is 7.05 Å². The highest BCUT2D eigenvalue weighted by Crippen LogP contribution is 2.41. The van der Waals surface area contributed by atoms with E-state index in [1.165, 1.54) is 0 Å². The zero-order valence-corrected chi connectivity index (χ0v) is 19.9. The van der Waals surface area contributed by atoms with Crippen molar-refractivity contribution in [1.82, 2.24) is 29.4 Å². The molecule has 0 saturated carbocycles. The minimum absolute atomic E-state index is 0.0310. The van der Waals surface area contributed by atoms with Crippen LogP contribution in [0, 0.1) is 0 Å². The van der Waals surface area contributed by atoms with Gasteiger partial charge in [-0.25, -0.2) is 4.98 Å². The lowest BCUT2D eigenvalue weighted by Gasteiger charge is -2.41. The Morgan fingerprint density at radius 2 is 2.06 bits per heavy atom. The van der Waals surface area contributed by atoms with Crippen LogP contribution in [0.15, 0.2) is 18.3 Å². The summed E-state index contributed by atoms with van der Waals surface area (Å²) in [5, 5.41) is 8.41. The molecule has 3 aromatic rings. The molecule has 1 unspecified atom stereocenters. The molecule has 10 nitrogen and oxygen atoms in total. The number of morpholine rings is 1. The van der Waals surface area contributed by atoms with Crippen LogP contribution in [0.1, 0.15) is 42.5 Å². The molecule has 178 valence electrons. The van der Waals surface area contributed by atoms with Gasteiger partial charge in [0.1, 0.15) is 18.4 Å². The lowest BCUT2D eigenvalue weighted by Crippen LogP contribution is -2.55. The number of benzene rings is 1. The summed E-state index contributed by atoms with van der Waals surface area (Å²) in [5.41, 5.74) is 3.60. The number of rotatable bonds is 2. The Bertz CT molecular complexity index is 1290. The minimum Gasteiger partial charge on any atom is -0.486 e. The number of ether oxygens (including phenoxy) is 3. The highest BCUT2D eigenvalue weighted by atomic mass is 16.6. The Labute approximate surface area is 197 Å². The van der Waals surface area contributed by atoms with Crippen LogP contribution in [-0.4, -0.2) is 73.4 Å². The fraction of sp³-hybridized carbons (Fsp3) is 0.500. The van der Waals surface area contributed by atoms with E-state index < -0.39 is 5.54 Å². The summed E-state index contributed by atoms with van der Waals surface area (Å²) in [6.45, 7) is 8.11. The maximum absolute atomic E-state index is 13.8. The van der Waals surface area contributed by atoms with Crippen molar-refractivity contribution in [3.05, 3.63) is 35.3 Å². The number of amides is 1. The number of imidazole rings is 1. The van der Waals surface area contributed by atoms with Gasteiger partial charge in [0.2, 0.25) is 0 Å². The number of hydrogen-bond acceptors (Lipinski definition) is 7. The zero-order chi connectivity index (χ0) is 23.6. The topological polar surface area (TPSA) is 96.5 Å². The van der Waals surface area contributed by atoms with Gasteiger partial charge in [0, 0.05) is 19.7 Å². The SMILES string of the molecule is CC1COc2cc3c(cc2O1)-n1c(-c2cn(C)nn2)nc(C(=O)N2CCOCC2(C)C)c1CC3. The van der Waals surface area contributed by atoms with Crippen LogP contribution in [0.25, 0.3) is 17.2 Å². The average molecular weight is 465 g/mol. The molecule has 0 radical (unpaired) electrons. The standard InChI is InChI=1S/C24H28N6O4/c1-14-12-33-19-9-15-5-6-17-21(23(31)29-7-8-32-13-24(29,2)3)25-22(16-11-28(4)27-26-16)30(17)18(15)10-20(19)34-14/h9-11,14H,5-8,12-13H2,1-4H3. The van der Waals surface area contributed by atoms with Crippen molar-refractivity contribution < 1.29 is 19.0 Å². The second-order valence-electron chi connectivity index (χ2n) is 9.83. The average Bonchev–Trinajstić information content (AvgIpc) is 3.40. The van der Waals surface area contributed by atoms with Gasteiger partial charge in [0.25, 0.3) is 5.91 Å². The zero-order valence-electron chi connectivity index (χ0n) is 19.9. The molecule has 0 spiro atoms. The molecule has 10 heteroatoms. The van der Waals surface area contributed by atoms with Gasteiger partial charge in [-0.3, -0.25) is 14.0 Å². The third-order valence-electron chi connectivity index (χ3n) is 6.72. The Balaban J connectivity index is 1.53. The van der Waals surface area contributed by atoms with Crippen molar-refractivity contribution in [2.45, 2.75) is 45.3 Å². The number of carbonyl (C=O) groups is 1. The summed E-state index contributed by atoms with van der Waals surface area (Å²) in [7, 11) is 1.82. The third kappa shape index (κ3) is 3.27. The maximum Gasteiger partial charge on any atom is 0.274 e. The molecule has 1 saturated heterocycles. The molecule has 0 bridgehead atoms. The van der Waals surface area contributed by atoms with Crippen LogP contribution in [0.4, 0.5) is 0 Å². The Kier molecular flexibility index (Phi) is 4.70. The molecule has 34 heavy (non-hydrogen) atoms. The van der Waals surface area contributed by atoms with Gasteiger partial charge in [-0.2, -0.15) is 0 Å². The number of aromatic nitrogens is 5.